The zero-order chi connectivity index (χ0) is 22.1. The molecule has 1 atom stereocenters. The number of hydrogen-bond acceptors (Lipinski definition) is 6. The standard InChI is InChI=1S/C21H20ClNO6S/c1-4-17(23-30(26,27)14-7-5-12(2)6-8-14)21(25)29-19-11-18-15(10-16(19)22)13(3)9-20(24)28-18/h5-11,17,23H,4H2,1-3H3/t17-/m0/s1. The molecule has 9 heteroatoms. The Balaban J connectivity index is 1.85. The lowest BCUT2D eigenvalue weighted by molar-refractivity contribution is -0.136. The molecular formula is C21H20ClNO6S. The van der Waals surface area contributed by atoms with Gasteiger partial charge in [-0.25, -0.2) is 18.0 Å². The van der Waals surface area contributed by atoms with E-state index < -0.39 is 27.7 Å². The second-order valence-electron chi connectivity index (χ2n) is 6.84. The maximum Gasteiger partial charge on any atom is 0.336 e. The first kappa shape index (κ1) is 22.0. The molecule has 7 nitrogen and oxygen atoms in total. The van der Waals surface area contributed by atoms with Crippen molar-refractivity contribution in [2.24, 2.45) is 0 Å². The van der Waals surface area contributed by atoms with Gasteiger partial charge in [-0.2, -0.15) is 4.72 Å². The summed E-state index contributed by atoms with van der Waals surface area (Å²) < 4.78 is 38.0. The average Bonchev–Trinajstić information content (AvgIpc) is 2.67. The lowest BCUT2D eigenvalue weighted by Crippen LogP contribution is -2.42. The Bertz CT molecular complexity index is 1270. The highest BCUT2D eigenvalue weighted by atomic mass is 35.5. The van der Waals surface area contributed by atoms with Crippen LogP contribution in [0.2, 0.25) is 5.02 Å². The van der Waals surface area contributed by atoms with Crippen molar-refractivity contribution >= 4 is 38.6 Å². The van der Waals surface area contributed by atoms with Crippen LogP contribution in [-0.4, -0.2) is 20.4 Å². The highest BCUT2D eigenvalue weighted by molar-refractivity contribution is 7.89. The molecule has 1 aromatic heterocycles. The van der Waals surface area contributed by atoms with Crippen molar-refractivity contribution in [1.82, 2.24) is 4.72 Å². The fraction of sp³-hybridized carbons (Fsp3) is 0.238. The van der Waals surface area contributed by atoms with E-state index in [0.717, 1.165) is 5.56 Å². The smallest absolute Gasteiger partial charge is 0.336 e. The maximum atomic E-state index is 12.6. The summed E-state index contributed by atoms with van der Waals surface area (Å²) in [5, 5.41) is 0.732. The first-order valence-electron chi connectivity index (χ1n) is 9.15. The number of esters is 1. The molecule has 0 fully saturated rings. The SMILES string of the molecule is CC[C@H](NS(=O)(=O)c1ccc(C)cc1)C(=O)Oc1cc2oc(=O)cc(C)c2cc1Cl. The van der Waals surface area contributed by atoms with E-state index in [1.54, 1.807) is 26.0 Å². The van der Waals surface area contributed by atoms with Gasteiger partial charge in [-0.05, 0) is 44.0 Å². The van der Waals surface area contributed by atoms with Gasteiger partial charge in [-0.15, -0.1) is 0 Å². The molecule has 1 N–H and O–H groups in total. The summed E-state index contributed by atoms with van der Waals surface area (Å²) in [5.41, 5.74) is 1.24. The van der Waals surface area contributed by atoms with Crippen molar-refractivity contribution in [3.63, 3.8) is 0 Å². The van der Waals surface area contributed by atoms with Gasteiger partial charge < -0.3 is 9.15 Å². The molecule has 1 heterocycles. The summed E-state index contributed by atoms with van der Waals surface area (Å²) in [4.78, 5) is 24.3. The van der Waals surface area contributed by atoms with Gasteiger partial charge in [0.05, 0.1) is 9.92 Å². The monoisotopic (exact) mass is 449 g/mol. The average molecular weight is 450 g/mol. The Morgan fingerprint density at radius 3 is 2.47 bits per heavy atom. The summed E-state index contributed by atoms with van der Waals surface area (Å²) in [6.45, 7) is 5.22. The van der Waals surface area contributed by atoms with Crippen LogP contribution in [0.25, 0.3) is 11.0 Å². The number of carbonyl (C=O) groups excluding carboxylic acids is 1. The van der Waals surface area contributed by atoms with Crippen LogP contribution in [0.5, 0.6) is 5.75 Å². The van der Waals surface area contributed by atoms with Crippen LogP contribution in [0, 0.1) is 13.8 Å². The Labute approximate surface area is 178 Å². The Hall–Kier alpha value is -2.68. The molecule has 0 bridgehead atoms. The quantitative estimate of drug-likeness (QED) is 0.349. The van der Waals surface area contributed by atoms with E-state index in [-0.39, 0.29) is 27.7 Å². The highest BCUT2D eigenvalue weighted by Crippen LogP contribution is 2.31. The van der Waals surface area contributed by atoms with E-state index >= 15 is 0 Å². The number of nitrogens with one attached hydrogen (secondary N) is 1. The van der Waals surface area contributed by atoms with Crippen LogP contribution in [0.15, 0.2) is 56.6 Å². The molecule has 0 aliphatic heterocycles. The second kappa shape index (κ2) is 8.59. The number of aryl methyl sites for hydroxylation is 2. The molecule has 2 aromatic carbocycles. The van der Waals surface area contributed by atoms with Crippen LogP contribution in [-0.2, 0) is 14.8 Å². The van der Waals surface area contributed by atoms with Crippen molar-refractivity contribution < 1.29 is 22.4 Å². The predicted molar refractivity (Wildman–Crippen MR) is 113 cm³/mol. The molecule has 0 amide bonds. The molecule has 0 spiro atoms. The molecule has 0 saturated carbocycles. The summed E-state index contributed by atoms with van der Waals surface area (Å²) in [7, 11) is -3.93. The summed E-state index contributed by atoms with van der Waals surface area (Å²) in [6, 6.07) is 9.31. The van der Waals surface area contributed by atoms with Gasteiger partial charge in [0.1, 0.15) is 11.6 Å². The number of sulfonamides is 1. The number of fused-ring (bicyclic) bond motifs is 1. The minimum atomic E-state index is -3.93. The van der Waals surface area contributed by atoms with Crippen molar-refractivity contribution in [2.45, 2.75) is 38.1 Å². The van der Waals surface area contributed by atoms with E-state index in [2.05, 4.69) is 4.72 Å². The third-order valence-electron chi connectivity index (χ3n) is 4.54. The maximum absolute atomic E-state index is 12.6. The molecule has 0 radical (unpaired) electrons. The van der Waals surface area contributed by atoms with Gasteiger partial charge >= 0.3 is 11.6 Å². The summed E-state index contributed by atoms with van der Waals surface area (Å²) in [5.74, 6) is -0.861. The van der Waals surface area contributed by atoms with Crippen LogP contribution in [0.4, 0.5) is 0 Å². The predicted octanol–water partition coefficient (Wildman–Crippen LogP) is 3.73. The topological polar surface area (TPSA) is 103 Å². The van der Waals surface area contributed by atoms with Crippen molar-refractivity contribution in [1.29, 1.82) is 0 Å². The molecule has 3 rings (SSSR count). The van der Waals surface area contributed by atoms with Gasteiger partial charge in [0.25, 0.3) is 0 Å². The molecule has 0 aliphatic rings. The summed E-state index contributed by atoms with van der Waals surface area (Å²) >= 11 is 6.22. The fourth-order valence-corrected chi connectivity index (χ4v) is 4.32. The van der Waals surface area contributed by atoms with Crippen LogP contribution >= 0.6 is 11.6 Å². The third-order valence-corrected chi connectivity index (χ3v) is 6.32. The fourth-order valence-electron chi connectivity index (χ4n) is 2.85. The Morgan fingerprint density at radius 1 is 1.17 bits per heavy atom. The number of halogens is 1. The largest absolute Gasteiger partial charge is 0.424 e. The molecule has 30 heavy (non-hydrogen) atoms. The van der Waals surface area contributed by atoms with E-state index in [1.165, 1.54) is 30.3 Å². The van der Waals surface area contributed by atoms with Gasteiger partial charge in [0.2, 0.25) is 10.0 Å². The lowest BCUT2D eigenvalue weighted by Gasteiger charge is -2.17. The first-order chi connectivity index (χ1) is 14.1. The Morgan fingerprint density at radius 2 is 1.83 bits per heavy atom. The van der Waals surface area contributed by atoms with Crippen molar-refractivity contribution in [3.05, 3.63) is 69.0 Å². The molecule has 0 unspecified atom stereocenters. The molecular weight excluding hydrogens is 430 g/mol. The Kier molecular flexibility index (Phi) is 6.30. The highest BCUT2D eigenvalue weighted by Gasteiger charge is 2.26. The van der Waals surface area contributed by atoms with Crippen LogP contribution in [0.1, 0.15) is 24.5 Å². The molecule has 0 saturated heterocycles. The summed E-state index contributed by atoms with van der Waals surface area (Å²) in [6.07, 6.45) is 0.156. The van der Waals surface area contributed by atoms with Gasteiger partial charge in [-0.1, -0.05) is 36.2 Å². The number of benzene rings is 2. The number of ether oxygens (including phenoxy) is 1. The minimum absolute atomic E-state index is 0.0316. The first-order valence-corrected chi connectivity index (χ1v) is 11.0. The third kappa shape index (κ3) is 4.72. The second-order valence-corrected chi connectivity index (χ2v) is 8.96. The van der Waals surface area contributed by atoms with E-state index in [0.29, 0.717) is 10.9 Å². The zero-order valence-electron chi connectivity index (χ0n) is 16.6. The van der Waals surface area contributed by atoms with E-state index in [9.17, 15) is 18.0 Å². The molecule has 3 aromatic rings. The van der Waals surface area contributed by atoms with Crippen molar-refractivity contribution in [2.75, 3.05) is 0 Å². The molecule has 158 valence electrons. The van der Waals surface area contributed by atoms with Gasteiger partial charge in [-0.3, -0.25) is 0 Å². The zero-order valence-corrected chi connectivity index (χ0v) is 18.1. The van der Waals surface area contributed by atoms with E-state index in [4.69, 9.17) is 20.8 Å². The van der Waals surface area contributed by atoms with Gasteiger partial charge in [0, 0.05) is 17.5 Å². The normalized spacial score (nSPS) is 12.7. The van der Waals surface area contributed by atoms with Gasteiger partial charge in [0.15, 0.2) is 5.75 Å². The van der Waals surface area contributed by atoms with E-state index in [1.807, 2.05) is 6.92 Å². The number of carbonyl (C=O) groups is 1. The van der Waals surface area contributed by atoms with Crippen LogP contribution < -0.4 is 15.1 Å². The van der Waals surface area contributed by atoms with Crippen molar-refractivity contribution in [3.8, 4) is 5.75 Å². The number of hydrogen-bond donors (Lipinski definition) is 1. The number of rotatable bonds is 6. The van der Waals surface area contributed by atoms with Crippen LogP contribution in [0.3, 0.4) is 0 Å². The minimum Gasteiger partial charge on any atom is -0.424 e. The lowest BCUT2D eigenvalue weighted by atomic mass is 10.1. The molecule has 0 aliphatic carbocycles.